The molecular formula is C26H29F7N2O3. The number of ether oxygens (including phenoxy) is 1. The van der Waals surface area contributed by atoms with Crippen molar-refractivity contribution in [3.05, 3.63) is 64.2 Å². The van der Waals surface area contributed by atoms with Crippen LogP contribution in [0.2, 0.25) is 0 Å². The smallest absolute Gasteiger partial charge is 0.435 e. The van der Waals surface area contributed by atoms with E-state index in [9.17, 15) is 40.3 Å². The molecule has 210 valence electrons. The number of anilines is 1. The Bertz CT molecular complexity index is 1150. The van der Waals surface area contributed by atoms with E-state index in [1.54, 1.807) is 39.8 Å². The van der Waals surface area contributed by atoms with E-state index in [0.717, 1.165) is 0 Å². The number of benzene rings is 2. The van der Waals surface area contributed by atoms with Crippen LogP contribution in [0, 0.1) is 6.92 Å². The number of alkyl carbamates (subject to hydrolysis) is 1. The Morgan fingerprint density at radius 3 is 1.89 bits per heavy atom. The van der Waals surface area contributed by atoms with Gasteiger partial charge < -0.3 is 15.4 Å². The molecule has 2 rings (SSSR count). The fourth-order valence-electron chi connectivity index (χ4n) is 3.68. The van der Waals surface area contributed by atoms with E-state index in [2.05, 4.69) is 10.6 Å². The summed E-state index contributed by atoms with van der Waals surface area (Å²) in [6.45, 7) is 9.46. The summed E-state index contributed by atoms with van der Waals surface area (Å²) in [4.78, 5) is 24.8. The first kappa shape index (κ1) is 30.9. The number of aryl methyl sites for hydroxylation is 2. The minimum atomic E-state index is -6.25. The van der Waals surface area contributed by atoms with Gasteiger partial charge in [0.05, 0.1) is 6.04 Å². The standard InChI is InChI=1S/C26H29F7N2O3/c1-7-16-13-19(24(27,25(28,29)30)26(31,32)33)12-14(2)20(16)35-21(36)18-10-8-17(9-11-18)15(3)34-22(37)38-23(4,5)6/h8-13,15H,7H2,1-6H3,(H,34,37)(H,35,36). The van der Waals surface area contributed by atoms with Crippen LogP contribution in [0.25, 0.3) is 0 Å². The van der Waals surface area contributed by atoms with Crippen LogP contribution in [0.4, 0.5) is 41.2 Å². The summed E-state index contributed by atoms with van der Waals surface area (Å²) in [6.07, 6.45) is -13.2. The third-order valence-electron chi connectivity index (χ3n) is 5.62. The number of nitrogens with one attached hydrogen (secondary N) is 2. The molecule has 2 N–H and O–H groups in total. The topological polar surface area (TPSA) is 67.4 Å². The maximum Gasteiger partial charge on any atom is 0.435 e. The molecule has 2 aromatic carbocycles. The molecule has 0 bridgehead atoms. The largest absolute Gasteiger partial charge is 0.444 e. The molecule has 2 amide bonds. The number of alkyl halides is 7. The fraction of sp³-hybridized carbons (Fsp3) is 0.462. The zero-order valence-electron chi connectivity index (χ0n) is 21.6. The third-order valence-corrected chi connectivity index (χ3v) is 5.62. The molecule has 1 atom stereocenters. The quantitative estimate of drug-likeness (QED) is 0.363. The van der Waals surface area contributed by atoms with Crippen molar-refractivity contribution in [2.75, 3.05) is 5.32 Å². The molecule has 0 radical (unpaired) electrons. The molecule has 38 heavy (non-hydrogen) atoms. The molecule has 0 aromatic heterocycles. The molecule has 0 aliphatic heterocycles. The first-order valence-electron chi connectivity index (χ1n) is 11.6. The van der Waals surface area contributed by atoms with E-state index in [-0.39, 0.29) is 28.8 Å². The van der Waals surface area contributed by atoms with Crippen LogP contribution in [0.15, 0.2) is 36.4 Å². The highest BCUT2D eigenvalue weighted by Gasteiger charge is 2.73. The number of carbonyl (C=O) groups excluding carboxylic acids is 2. The van der Waals surface area contributed by atoms with Crippen molar-refractivity contribution in [1.29, 1.82) is 0 Å². The number of carbonyl (C=O) groups is 2. The second kappa shape index (κ2) is 10.8. The summed E-state index contributed by atoms with van der Waals surface area (Å²) >= 11 is 0. The monoisotopic (exact) mass is 550 g/mol. The summed E-state index contributed by atoms with van der Waals surface area (Å²) in [5.41, 5.74) is -7.39. The average Bonchev–Trinajstić information content (AvgIpc) is 2.76. The van der Waals surface area contributed by atoms with Gasteiger partial charge in [-0.3, -0.25) is 4.79 Å². The van der Waals surface area contributed by atoms with Gasteiger partial charge in [-0.05, 0) is 75.9 Å². The molecule has 12 heteroatoms. The van der Waals surface area contributed by atoms with Gasteiger partial charge in [-0.2, -0.15) is 26.3 Å². The Balaban J connectivity index is 2.30. The van der Waals surface area contributed by atoms with Gasteiger partial charge in [-0.15, -0.1) is 0 Å². The van der Waals surface area contributed by atoms with Crippen LogP contribution in [0.5, 0.6) is 0 Å². The van der Waals surface area contributed by atoms with E-state index in [0.29, 0.717) is 17.7 Å². The number of amides is 2. The molecule has 0 aliphatic carbocycles. The summed E-state index contributed by atoms with van der Waals surface area (Å²) in [6, 6.07) is 6.45. The maximum absolute atomic E-state index is 14.6. The number of hydrogen-bond donors (Lipinski definition) is 2. The fourth-order valence-corrected chi connectivity index (χ4v) is 3.68. The van der Waals surface area contributed by atoms with Crippen LogP contribution < -0.4 is 10.6 Å². The van der Waals surface area contributed by atoms with Crippen molar-refractivity contribution in [2.45, 2.75) is 77.6 Å². The lowest BCUT2D eigenvalue weighted by molar-refractivity contribution is -0.348. The van der Waals surface area contributed by atoms with Crippen molar-refractivity contribution in [3.8, 4) is 0 Å². The normalized spacial score (nSPS) is 13.6. The molecule has 0 aliphatic rings. The second-order valence-corrected chi connectivity index (χ2v) is 9.78. The predicted octanol–water partition coefficient (Wildman–Crippen LogP) is 7.68. The zero-order valence-corrected chi connectivity index (χ0v) is 21.6. The van der Waals surface area contributed by atoms with Crippen molar-refractivity contribution in [2.24, 2.45) is 0 Å². The van der Waals surface area contributed by atoms with Crippen molar-refractivity contribution in [3.63, 3.8) is 0 Å². The molecule has 5 nitrogen and oxygen atoms in total. The van der Waals surface area contributed by atoms with Gasteiger partial charge in [-0.1, -0.05) is 25.1 Å². The lowest BCUT2D eigenvalue weighted by Gasteiger charge is -2.31. The van der Waals surface area contributed by atoms with Gasteiger partial charge in [0.2, 0.25) is 0 Å². The Morgan fingerprint density at radius 1 is 0.921 bits per heavy atom. The van der Waals surface area contributed by atoms with Crippen molar-refractivity contribution in [1.82, 2.24) is 5.32 Å². The molecule has 0 spiro atoms. The number of halogens is 7. The van der Waals surface area contributed by atoms with Gasteiger partial charge in [0.15, 0.2) is 0 Å². The summed E-state index contributed by atoms with van der Waals surface area (Å²) < 4.78 is 99.1. The molecule has 0 heterocycles. The van der Waals surface area contributed by atoms with Crippen LogP contribution in [0.1, 0.15) is 73.3 Å². The van der Waals surface area contributed by atoms with Crippen LogP contribution in [-0.4, -0.2) is 30.0 Å². The zero-order chi connectivity index (χ0) is 29.3. The summed E-state index contributed by atoms with van der Waals surface area (Å²) in [5, 5.41) is 5.15. The molecule has 2 aromatic rings. The van der Waals surface area contributed by atoms with Gasteiger partial charge >= 0.3 is 24.1 Å². The minimum absolute atomic E-state index is 0.0167. The molecule has 0 saturated heterocycles. The number of hydrogen-bond acceptors (Lipinski definition) is 3. The SMILES string of the molecule is CCc1cc(C(F)(C(F)(F)F)C(F)(F)F)cc(C)c1NC(=O)c1ccc(C(C)NC(=O)OC(C)(C)C)cc1. The molecule has 0 fully saturated rings. The van der Waals surface area contributed by atoms with Crippen molar-refractivity contribution >= 4 is 17.7 Å². The Hall–Kier alpha value is -3.31. The van der Waals surface area contributed by atoms with E-state index >= 15 is 0 Å². The van der Waals surface area contributed by atoms with Crippen LogP contribution in [-0.2, 0) is 16.8 Å². The maximum atomic E-state index is 14.6. The Labute approximate surface area is 215 Å². The lowest BCUT2D eigenvalue weighted by atomic mass is 9.89. The Kier molecular flexibility index (Phi) is 8.80. The van der Waals surface area contributed by atoms with Crippen molar-refractivity contribution < 1.29 is 45.1 Å². The summed E-state index contributed by atoms with van der Waals surface area (Å²) in [7, 11) is 0. The highest BCUT2D eigenvalue weighted by Crippen LogP contribution is 2.53. The third kappa shape index (κ3) is 6.76. The molecular weight excluding hydrogens is 521 g/mol. The molecule has 1 unspecified atom stereocenters. The highest BCUT2D eigenvalue weighted by molar-refractivity contribution is 6.05. The summed E-state index contributed by atoms with van der Waals surface area (Å²) in [5.74, 6) is -0.687. The van der Waals surface area contributed by atoms with E-state index in [1.165, 1.54) is 26.0 Å². The lowest BCUT2D eigenvalue weighted by Crippen LogP contribution is -2.50. The van der Waals surface area contributed by atoms with Gasteiger partial charge in [0, 0.05) is 16.8 Å². The average molecular weight is 551 g/mol. The Morgan fingerprint density at radius 2 is 1.45 bits per heavy atom. The van der Waals surface area contributed by atoms with E-state index < -0.39 is 47.2 Å². The first-order valence-corrected chi connectivity index (χ1v) is 11.6. The second-order valence-electron chi connectivity index (χ2n) is 9.78. The predicted molar refractivity (Wildman–Crippen MR) is 128 cm³/mol. The van der Waals surface area contributed by atoms with E-state index in [1.807, 2.05) is 0 Å². The van der Waals surface area contributed by atoms with Crippen LogP contribution >= 0.6 is 0 Å². The van der Waals surface area contributed by atoms with Gasteiger partial charge in [-0.25, -0.2) is 9.18 Å². The van der Waals surface area contributed by atoms with Gasteiger partial charge in [0.25, 0.3) is 5.91 Å². The van der Waals surface area contributed by atoms with Crippen LogP contribution in [0.3, 0.4) is 0 Å². The first-order chi connectivity index (χ1) is 17.2. The number of rotatable bonds is 6. The minimum Gasteiger partial charge on any atom is -0.444 e. The highest BCUT2D eigenvalue weighted by atomic mass is 19.4. The van der Waals surface area contributed by atoms with Gasteiger partial charge in [0.1, 0.15) is 5.60 Å². The van der Waals surface area contributed by atoms with E-state index in [4.69, 9.17) is 4.74 Å². The molecule has 0 saturated carbocycles.